The molecule has 3 aromatic carbocycles. The van der Waals surface area contributed by atoms with Crippen molar-refractivity contribution in [3.05, 3.63) is 90.0 Å². The van der Waals surface area contributed by atoms with Gasteiger partial charge in [-0.25, -0.2) is 0 Å². The van der Waals surface area contributed by atoms with Gasteiger partial charge in [0.1, 0.15) is 5.75 Å². The molecule has 0 atom stereocenters. The van der Waals surface area contributed by atoms with Gasteiger partial charge in [0.05, 0.1) is 7.11 Å². The molecule has 4 nitrogen and oxygen atoms in total. The second-order valence-corrected chi connectivity index (χ2v) is 7.85. The van der Waals surface area contributed by atoms with Crippen LogP contribution in [0.1, 0.15) is 11.1 Å². The molecule has 0 unspecified atom stereocenters. The first-order valence-corrected chi connectivity index (χ1v) is 10.6. The van der Waals surface area contributed by atoms with Gasteiger partial charge in [0.2, 0.25) is 0 Å². The van der Waals surface area contributed by atoms with E-state index in [1.807, 2.05) is 30.3 Å². The van der Waals surface area contributed by atoms with Crippen molar-refractivity contribution in [3.63, 3.8) is 0 Å². The summed E-state index contributed by atoms with van der Waals surface area (Å²) in [4.78, 5) is 0. The van der Waals surface area contributed by atoms with Crippen molar-refractivity contribution in [3.8, 4) is 22.8 Å². The highest BCUT2D eigenvalue weighted by Crippen LogP contribution is 2.28. The number of nitrogens with zero attached hydrogens (tertiary/aromatic N) is 3. The predicted molar refractivity (Wildman–Crippen MR) is 119 cm³/mol. The molecule has 0 aliphatic carbocycles. The Hall–Kier alpha value is -3.05. The largest absolute Gasteiger partial charge is 0.497 e. The Bertz CT molecular complexity index is 1060. The fourth-order valence-corrected chi connectivity index (χ4v) is 4.06. The van der Waals surface area contributed by atoms with Gasteiger partial charge >= 0.3 is 0 Å². The second-order valence-electron chi connectivity index (χ2n) is 6.79. The van der Waals surface area contributed by atoms with E-state index in [1.54, 1.807) is 18.9 Å². The van der Waals surface area contributed by atoms with Gasteiger partial charge < -0.3 is 4.74 Å². The van der Waals surface area contributed by atoms with Gasteiger partial charge in [-0.1, -0.05) is 71.9 Å². The van der Waals surface area contributed by atoms with Crippen LogP contribution in [0.3, 0.4) is 0 Å². The Balaban J connectivity index is 1.59. The van der Waals surface area contributed by atoms with Crippen molar-refractivity contribution in [1.82, 2.24) is 14.8 Å². The Morgan fingerprint density at radius 1 is 0.862 bits per heavy atom. The molecule has 0 N–H and O–H groups in total. The highest BCUT2D eigenvalue weighted by molar-refractivity contribution is 7.99. The van der Waals surface area contributed by atoms with Crippen LogP contribution in [0.25, 0.3) is 17.1 Å². The first-order chi connectivity index (χ1) is 14.2. The third-order valence-electron chi connectivity index (χ3n) is 4.74. The van der Waals surface area contributed by atoms with E-state index >= 15 is 0 Å². The van der Waals surface area contributed by atoms with Crippen molar-refractivity contribution in [1.29, 1.82) is 0 Å². The molecule has 0 saturated carbocycles. The fourth-order valence-electron chi connectivity index (χ4n) is 3.12. The molecule has 29 heavy (non-hydrogen) atoms. The monoisotopic (exact) mass is 401 g/mol. The topological polar surface area (TPSA) is 39.9 Å². The van der Waals surface area contributed by atoms with Crippen molar-refractivity contribution >= 4 is 11.8 Å². The van der Waals surface area contributed by atoms with Crippen LogP contribution in [0.15, 0.2) is 84.0 Å². The standard InChI is InChI=1S/C24H23N3OS/c1-18-8-12-21(13-9-18)27-23(20-6-4-3-5-7-20)25-26-24(27)29-17-16-19-10-14-22(28-2)15-11-19/h3-15H,16-17H2,1-2H3. The van der Waals surface area contributed by atoms with E-state index in [0.717, 1.165) is 40.2 Å². The molecule has 0 bridgehead atoms. The number of aromatic nitrogens is 3. The zero-order chi connectivity index (χ0) is 20.1. The molecule has 0 spiro atoms. The van der Waals surface area contributed by atoms with Gasteiger partial charge in [-0.15, -0.1) is 10.2 Å². The van der Waals surface area contributed by atoms with E-state index < -0.39 is 0 Å². The Kier molecular flexibility index (Phi) is 5.96. The highest BCUT2D eigenvalue weighted by atomic mass is 32.2. The van der Waals surface area contributed by atoms with Crippen LogP contribution < -0.4 is 4.74 Å². The first-order valence-electron chi connectivity index (χ1n) is 9.58. The minimum atomic E-state index is 0.862. The molecule has 1 aromatic heterocycles. The maximum atomic E-state index is 5.23. The lowest BCUT2D eigenvalue weighted by molar-refractivity contribution is 0.414. The highest BCUT2D eigenvalue weighted by Gasteiger charge is 2.16. The zero-order valence-corrected chi connectivity index (χ0v) is 17.4. The van der Waals surface area contributed by atoms with E-state index in [9.17, 15) is 0 Å². The van der Waals surface area contributed by atoms with E-state index in [0.29, 0.717) is 0 Å². The van der Waals surface area contributed by atoms with Crippen LogP contribution in [0, 0.1) is 6.92 Å². The van der Waals surface area contributed by atoms with Crippen molar-refractivity contribution in [2.24, 2.45) is 0 Å². The third kappa shape index (κ3) is 4.51. The average molecular weight is 402 g/mol. The van der Waals surface area contributed by atoms with E-state index in [4.69, 9.17) is 4.74 Å². The smallest absolute Gasteiger partial charge is 0.196 e. The number of hydrogen-bond donors (Lipinski definition) is 0. The maximum Gasteiger partial charge on any atom is 0.196 e. The summed E-state index contributed by atoms with van der Waals surface area (Å²) < 4.78 is 7.38. The van der Waals surface area contributed by atoms with Gasteiger partial charge in [0.25, 0.3) is 0 Å². The van der Waals surface area contributed by atoms with Crippen molar-refractivity contribution in [2.75, 3.05) is 12.9 Å². The number of methoxy groups -OCH3 is 1. The number of hydrogen-bond acceptors (Lipinski definition) is 4. The molecule has 0 radical (unpaired) electrons. The fraction of sp³-hybridized carbons (Fsp3) is 0.167. The minimum Gasteiger partial charge on any atom is -0.497 e. The lowest BCUT2D eigenvalue weighted by Crippen LogP contribution is -2.00. The van der Waals surface area contributed by atoms with Crippen LogP contribution in [0.5, 0.6) is 5.75 Å². The van der Waals surface area contributed by atoms with Gasteiger partial charge in [-0.05, 0) is 43.2 Å². The number of rotatable bonds is 7. The molecule has 1 heterocycles. The van der Waals surface area contributed by atoms with Gasteiger partial charge in [-0.3, -0.25) is 4.57 Å². The zero-order valence-electron chi connectivity index (χ0n) is 16.6. The summed E-state index contributed by atoms with van der Waals surface area (Å²) >= 11 is 1.72. The summed E-state index contributed by atoms with van der Waals surface area (Å²) in [5.41, 5.74) is 4.65. The molecule has 0 fully saturated rings. The van der Waals surface area contributed by atoms with Gasteiger partial charge in [0.15, 0.2) is 11.0 Å². The molecule has 0 aliphatic rings. The Morgan fingerprint density at radius 2 is 1.59 bits per heavy atom. The summed E-state index contributed by atoms with van der Waals surface area (Å²) in [5, 5.41) is 9.92. The maximum absolute atomic E-state index is 5.23. The molecular formula is C24H23N3OS. The first kappa shape index (κ1) is 19.3. The third-order valence-corrected chi connectivity index (χ3v) is 5.67. The van der Waals surface area contributed by atoms with E-state index in [2.05, 4.69) is 70.2 Å². The molecule has 5 heteroatoms. The molecule has 0 aliphatic heterocycles. The lowest BCUT2D eigenvalue weighted by Gasteiger charge is -2.11. The molecule has 0 amide bonds. The van der Waals surface area contributed by atoms with Crippen LogP contribution in [0.2, 0.25) is 0 Å². The lowest BCUT2D eigenvalue weighted by atomic mass is 10.2. The predicted octanol–water partition coefficient (Wildman–Crippen LogP) is 5.59. The molecular weight excluding hydrogens is 378 g/mol. The Morgan fingerprint density at radius 3 is 2.28 bits per heavy atom. The molecule has 0 saturated heterocycles. The number of thioether (sulfide) groups is 1. The van der Waals surface area contributed by atoms with Crippen LogP contribution >= 0.6 is 11.8 Å². The summed E-state index contributed by atoms with van der Waals surface area (Å²) in [7, 11) is 1.69. The number of aryl methyl sites for hydroxylation is 2. The summed E-state index contributed by atoms with van der Waals surface area (Å²) in [5.74, 6) is 2.67. The van der Waals surface area contributed by atoms with Crippen LogP contribution in [0.4, 0.5) is 0 Å². The van der Waals surface area contributed by atoms with E-state index in [1.165, 1.54) is 11.1 Å². The normalized spacial score (nSPS) is 10.8. The number of benzene rings is 3. The van der Waals surface area contributed by atoms with Gasteiger partial charge in [-0.2, -0.15) is 0 Å². The SMILES string of the molecule is COc1ccc(CCSc2nnc(-c3ccccc3)n2-c2ccc(C)cc2)cc1. The van der Waals surface area contributed by atoms with Crippen LogP contribution in [-0.4, -0.2) is 27.6 Å². The quantitative estimate of drug-likeness (QED) is 0.379. The average Bonchev–Trinajstić information content (AvgIpc) is 3.19. The van der Waals surface area contributed by atoms with Crippen molar-refractivity contribution < 1.29 is 4.74 Å². The van der Waals surface area contributed by atoms with E-state index in [-0.39, 0.29) is 0 Å². The van der Waals surface area contributed by atoms with Crippen LogP contribution in [-0.2, 0) is 6.42 Å². The summed E-state index contributed by atoms with van der Waals surface area (Å²) in [6.07, 6.45) is 0.954. The molecule has 4 aromatic rings. The van der Waals surface area contributed by atoms with Crippen molar-refractivity contribution in [2.45, 2.75) is 18.5 Å². The Labute approximate surface area is 175 Å². The van der Waals surface area contributed by atoms with Gasteiger partial charge in [0, 0.05) is 17.0 Å². The number of ether oxygens (including phenoxy) is 1. The minimum absolute atomic E-state index is 0.862. The molecule has 146 valence electrons. The summed E-state index contributed by atoms with van der Waals surface area (Å²) in [6, 6.07) is 26.9. The summed E-state index contributed by atoms with van der Waals surface area (Å²) in [6.45, 7) is 2.10. The second kappa shape index (κ2) is 8.97. The molecule has 4 rings (SSSR count).